The first-order valence-corrected chi connectivity index (χ1v) is 12.2. The summed E-state index contributed by atoms with van der Waals surface area (Å²) in [6, 6.07) is 3.09. The van der Waals surface area contributed by atoms with Gasteiger partial charge in [0.25, 0.3) is 0 Å². The van der Waals surface area contributed by atoms with E-state index in [0.717, 1.165) is 20.0 Å². The Balaban J connectivity index is 3.36. The zero-order valence-electron chi connectivity index (χ0n) is 21.9. The van der Waals surface area contributed by atoms with E-state index < -0.39 is 42.1 Å². The predicted octanol–water partition coefficient (Wildman–Crippen LogP) is 4.43. The highest BCUT2D eigenvalue weighted by molar-refractivity contribution is 5.77. The van der Waals surface area contributed by atoms with Gasteiger partial charge in [0, 0.05) is 18.8 Å². The predicted molar refractivity (Wildman–Crippen MR) is 132 cm³/mol. The van der Waals surface area contributed by atoms with E-state index in [1.165, 1.54) is 12.1 Å². The molecule has 4 unspecified atom stereocenters. The number of nitrogens with two attached hydrogens (primary N) is 1. The molecule has 0 aromatic heterocycles. The van der Waals surface area contributed by atoms with Crippen molar-refractivity contribution in [2.45, 2.75) is 84.8 Å². The molecule has 0 radical (unpaired) electrons. The Morgan fingerprint density at radius 2 is 1.44 bits per heavy atom. The second-order valence-electron chi connectivity index (χ2n) is 9.18. The molecule has 0 saturated carbocycles. The van der Waals surface area contributed by atoms with E-state index >= 15 is 0 Å². The average molecular weight is 510 g/mol. The number of methoxy groups -OCH3 is 1. The van der Waals surface area contributed by atoms with Gasteiger partial charge in [-0.05, 0) is 42.9 Å². The molecule has 0 saturated heterocycles. The fraction of sp³-hybridized carbons (Fsp3) is 0.615. The second kappa shape index (κ2) is 15.1. The average Bonchev–Trinajstić information content (AvgIpc) is 2.82. The minimum atomic E-state index is -1.35. The van der Waals surface area contributed by atoms with Crippen molar-refractivity contribution in [2.75, 3.05) is 7.11 Å². The highest BCUT2D eigenvalue weighted by Gasteiger charge is 2.30. The van der Waals surface area contributed by atoms with Crippen LogP contribution in [0.2, 0.25) is 0 Å². The number of aliphatic carboxylic acids is 1. The highest BCUT2D eigenvalue weighted by Crippen LogP contribution is 2.35. The zero-order chi connectivity index (χ0) is 27.4. The van der Waals surface area contributed by atoms with E-state index in [4.69, 9.17) is 19.9 Å². The molecule has 0 aliphatic heterocycles. The zero-order valence-corrected chi connectivity index (χ0v) is 21.9. The Hall–Kier alpha value is -3.14. The van der Waals surface area contributed by atoms with Crippen LogP contribution < -0.4 is 15.2 Å². The maximum atomic E-state index is 12.5. The van der Waals surface area contributed by atoms with Gasteiger partial charge in [0.05, 0.1) is 7.11 Å². The first-order valence-electron chi connectivity index (χ1n) is 12.2. The molecular weight excluding hydrogens is 470 g/mol. The Labute approximate surface area is 212 Å². The smallest absolute Gasteiger partial charge is 0.480 e. The molecule has 0 amide bonds. The monoisotopic (exact) mass is 509 g/mol. The lowest BCUT2D eigenvalue weighted by atomic mass is 9.87. The van der Waals surface area contributed by atoms with Crippen LogP contribution in [0.4, 0.5) is 4.79 Å². The van der Waals surface area contributed by atoms with Gasteiger partial charge < -0.3 is 29.8 Å². The number of rotatable bonds is 14. The van der Waals surface area contributed by atoms with Gasteiger partial charge in [-0.15, -0.1) is 0 Å². The number of carbonyl (C=O) groups excluding carboxylic acids is 3. The maximum Gasteiger partial charge on any atom is 0.508 e. The van der Waals surface area contributed by atoms with E-state index in [2.05, 4.69) is 4.74 Å². The summed E-state index contributed by atoms with van der Waals surface area (Å²) in [6.07, 6.45) is 0.336. The summed E-state index contributed by atoms with van der Waals surface area (Å²) in [5.74, 6) is -2.83. The van der Waals surface area contributed by atoms with E-state index in [1.54, 1.807) is 13.0 Å². The van der Waals surface area contributed by atoms with Gasteiger partial charge in [-0.3, -0.25) is 14.4 Å². The highest BCUT2D eigenvalue weighted by atomic mass is 16.7. The molecule has 5 atom stereocenters. The third-order valence-electron chi connectivity index (χ3n) is 6.04. The number of hydrogen-bond acceptors (Lipinski definition) is 9. The van der Waals surface area contributed by atoms with Gasteiger partial charge >= 0.3 is 24.1 Å². The van der Waals surface area contributed by atoms with Crippen LogP contribution >= 0.6 is 0 Å². The summed E-state index contributed by atoms with van der Waals surface area (Å²) in [5.41, 5.74) is 6.38. The molecule has 3 N–H and O–H groups in total. The molecule has 0 heterocycles. The number of carboxylic acid groups (broad SMARTS) is 1. The van der Waals surface area contributed by atoms with Crippen molar-refractivity contribution >= 4 is 24.1 Å². The number of carboxylic acids is 1. The van der Waals surface area contributed by atoms with E-state index in [-0.39, 0.29) is 42.6 Å². The molecule has 10 nitrogen and oxygen atoms in total. The Bertz CT molecular complexity index is 901. The minimum Gasteiger partial charge on any atom is -0.480 e. The first-order chi connectivity index (χ1) is 16.9. The minimum absolute atomic E-state index is 0.0116. The van der Waals surface area contributed by atoms with Crippen LogP contribution in [-0.2, 0) is 23.9 Å². The van der Waals surface area contributed by atoms with Crippen LogP contribution in [0.5, 0.6) is 11.5 Å². The first kappa shape index (κ1) is 30.9. The van der Waals surface area contributed by atoms with Crippen molar-refractivity contribution in [3.8, 4) is 11.5 Å². The Kier molecular flexibility index (Phi) is 12.9. The molecular formula is C26H39NO9. The van der Waals surface area contributed by atoms with Crippen molar-refractivity contribution < 1.29 is 43.2 Å². The van der Waals surface area contributed by atoms with E-state index in [1.807, 2.05) is 27.7 Å². The summed E-state index contributed by atoms with van der Waals surface area (Å²) in [6.45, 7) is 9.33. The Morgan fingerprint density at radius 1 is 0.917 bits per heavy atom. The lowest BCUT2D eigenvalue weighted by molar-refractivity contribution is -0.139. The maximum absolute atomic E-state index is 12.5. The molecule has 1 aromatic rings. The summed E-state index contributed by atoms with van der Waals surface area (Å²) in [4.78, 5) is 48.2. The third kappa shape index (κ3) is 10.2. The second-order valence-corrected chi connectivity index (χ2v) is 9.18. The van der Waals surface area contributed by atoms with Crippen LogP contribution in [0.1, 0.15) is 78.2 Å². The standard InChI is InChI=1S/C26H39NO9/c1-7-15(3)11-22(28)35-20-10-9-18(14-21(20)36-23(29)12-16(4)8-2)19(24(27)25(30)31)13-17(5)34-26(32)33-6/h9-10,14-17,19,24H,7-8,11-13,27H2,1-6H3,(H,30,31)/t15?,16?,17?,19?,24-/m0/s1. The molecule has 0 aliphatic rings. The third-order valence-corrected chi connectivity index (χ3v) is 6.04. The van der Waals surface area contributed by atoms with Gasteiger partial charge in [-0.25, -0.2) is 4.79 Å². The largest absolute Gasteiger partial charge is 0.508 e. The molecule has 0 aliphatic carbocycles. The number of benzene rings is 1. The molecule has 36 heavy (non-hydrogen) atoms. The Morgan fingerprint density at radius 3 is 1.92 bits per heavy atom. The normalized spacial score (nSPS) is 15.1. The van der Waals surface area contributed by atoms with Crippen molar-refractivity contribution in [3.63, 3.8) is 0 Å². The van der Waals surface area contributed by atoms with Crippen molar-refractivity contribution in [1.82, 2.24) is 0 Å². The summed E-state index contributed by atoms with van der Waals surface area (Å²) >= 11 is 0. The van der Waals surface area contributed by atoms with Gasteiger partial charge in [-0.2, -0.15) is 0 Å². The SMILES string of the molecule is CCC(C)CC(=O)Oc1ccc(C(CC(C)OC(=O)OC)[C@H](N)C(=O)O)cc1OC(=O)CC(C)CC. The number of ether oxygens (including phenoxy) is 4. The molecule has 0 bridgehead atoms. The fourth-order valence-electron chi connectivity index (χ4n) is 3.39. The van der Waals surface area contributed by atoms with E-state index in [9.17, 15) is 24.3 Å². The fourth-order valence-corrected chi connectivity index (χ4v) is 3.39. The summed E-state index contributed by atoms with van der Waals surface area (Å²) in [5, 5.41) is 9.56. The molecule has 10 heteroatoms. The van der Waals surface area contributed by atoms with Crippen LogP contribution in [0, 0.1) is 11.8 Å². The quantitative estimate of drug-likeness (QED) is 0.272. The van der Waals surface area contributed by atoms with Crippen LogP contribution in [0.15, 0.2) is 18.2 Å². The number of hydrogen-bond donors (Lipinski definition) is 2. The lowest BCUT2D eigenvalue weighted by Crippen LogP contribution is -2.38. The number of carbonyl (C=O) groups is 4. The van der Waals surface area contributed by atoms with Gasteiger partial charge in [0.15, 0.2) is 11.5 Å². The lowest BCUT2D eigenvalue weighted by Gasteiger charge is -2.25. The van der Waals surface area contributed by atoms with Crippen LogP contribution in [-0.4, -0.2) is 48.4 Å². The summed E-state index contributed by atoms with van der Waals surface area (Å²) < 4.78 is 20.6. The van der Waals surface area contributed by atoms with Crippen molar-refractivity contribution in [1.29, 1.82) is 0 Å². The van der Waals surface area contributed by atoms with Gasteiger partial charge in [-0.1, -0.05) is 46.6 Å². The topological polar surface area (TPSA) is 151 Å². The summed E-state index contributed by atoms with van der Waals surface area (Å²) in [7, 11) is 1.16. The van der Waals surface area contributed by atoms with Crippen molar-refractivity contribution in [3.05, 3.63) is 23.8 Å². The van der Waals surface area contributed by atoms with E-state index in [0.29, 0.717) is 5.56 Å². The van der Waals surface area contributed by atoms with Crippen LogP contribution in [0.25, 0.3) is 0 Å². The molecule has 1 rings (SSSR count). The molecule has 1 aromatic carbocycles. The number of esters is 2. The van der Waals surface area contributed by atoms with Crippen molar-refractivity contribution in [2.24, 2.45) is 17.6 Å². The van der Waals surface area contributed by atoms with Gasteiger partial charge in [0.1, 0.15) is 12.1 Å². The van der Waals surface area contributed by atoms with Gasteiger partial charge in [0.2, 0.25) is 0 Å². The molecule has 0 fully saturated rings. The van der Waals surface area contributed by atoms with Crippen LogP contribution in [0.3, 0.4) is 0 Å². The molecule has 202 valence electrons. The molecule has 0 spiro atoms.